The van der Waals surface area contributed by atoms with Crippen molar-refractivity contribution in [1.29, 1.82) is 0 Å². The van der Waals surface area contributed by atoms with Crippen LogP contribution in [-0.4, -0.2) is 49.7 Å². The third-order valence-electron chi connectivity index (χ3n) is 3.61. The fourth-order valence-electron chi connectivity index (χ4n) is 2.35. The molecule has 0 bridgehead atoms. The van der Waals surface area contributed by atoms with E-state index in [1.807, 2.05) is 24.3 Å². The zero-order valence-electron chi connectivity index (χ0n) is 11.7. The minimum absolute atomic E-state index is 0.00678. The maximum Gasteiger partial charge on any atom is 0.277 e. The summed E-state index contributed by atoms with van der Waals surface area (Å²) in [5.41, 5.74) is 7.48. The van der Waals surface area contributed by atoms with Gasteiger partial charge in [0.05, 0.1) is 0 Å². The highest BCUT2D eigenvalue weighted by Crippen LogP contribution is 2.14. The molecule has 1 saturated heterocycles. The molecular formula is C13H20N4O3S. The summed E-state index contributed by atoms with van der Waals surface area (Å²) in [6.07, 6.45) is 0.949. The van der Waals surface area contributed by atoms with Crippen molar-refractivity contribution >= 4 is 21.8 Å². The van der Waals surface area contributed by atoms with Crippen LogP contribution < -0.4 is 10.9 Å². The Labute approximate surface area is 124 Å². The van der Waals surface area contributed by atoms with Gasteiger partial charge in [-0.05, 0) is 18.1 Å². The highest BCUT2D eigenvalue weighted by molar-refractivity contribution is 7.86. The molecule has 1 aliphatic heterocycles. The van der Waals surface area contributed by atoms with E-state index < -0.39 is 10.2 Å². The molecule has 1 amide bonds. The van der Waals surface area contributed by atoms with Gasteiger partial charge < -0.3 is 10.6 Å². The minimum atomic E-state index is -3.66. The van der Waals surface area contributed by atoms with E-state index in [2.05, 4.69) is 0 Å². The molecule has 8 heteroatoms. The van der Waals surface area contributed by atoms with Crippen LogP contribution in [0, 0.1) is 0 Å². The van der Waals surface area contributed by atoms with Gasteiger partial charge in [-0.25, -0.2) is 5.14 Å². The van der Waals surface area contributed by atoms with Gasteiger partial charge in [-0.2, -0.15) is 12.7 Å². The minimum Gasteiger partial charge on any atom is -0.399 e. The maximum absolute atomic E-state index is 12.1. The number of nitrogens with zero attached hydrogens (tertiary/aromatic N) is 2. The topological polar surface area (TPSA) is 110 Å². The molecule has 1 aromatic rings. The van der Waals surface area contributed by atoms with Gasteiger partial charge >= 0.3 is 0 Å². The number of rotatable bonds is 4. The molecule has 4 N–H and O–H groups in total. The molecule has 0 radical (unpaired) electrons. The predicted octanol–water partition coefficient (Wildman–Crippen LogP) is -0.451. The number of amides is 1. The van der Waals surface area contributed by atoms with Crippen molar-refractivity contribution in [3.63, 3.8) is 0 Å². The van der Waals surface area contributed by atoms with Crippen LogP contribution >= 0.6 is 0 Å². The molecule has 0 aliphatic carbocycles. The first-order chi connectivity index (χ1) is 9.88. The number of para-hydroxylation sites is 1. The number of nitrogen functional groups attached to an aromatic ring is 1. The fourth-order valence-corrected chi connectivity index (χ4v) is 3.03. The van der Waals surface area contributed by atoms with Crippen LogP contribution in [0.3, 0.4) is 0 Å². The second-order valence-electron chi connectivity index (χ2n) is 5.02. The summed E-state index contributed by atoms with van der Waals surface area (Å²) >= 11 is 0. The molecule has 2 rings (SSSR count). The van der Waals surface area contributed by atoms with Crippen LogP contribution in [0.2, 0.25) is 0 Å². The number of hydrogen-bond donors (Lipinski definition) is 2. The second-order valence-corrected chi connectivity index (χ2v) is 6.57. The number of aryl methyl sites for hydroxylation is 1. The summed E-state index contributed by atoms with van der Waals surface area (Å²) in [7, 11) is -3.66. The van der Waals surface area contributed by atoms with E-state index in [0.717, 1.165) is 5.56 Å². The van der Waals surface area contributed by atoms with Gasteiger partial charge in [0.15, 0.2) is 0 Å². The van der Waals surface area contributed by atoms with E-state index in [4.69, 9.17) is 10.9 Å². The van der Waals surface area contributed by atoms with Crippen molar-refractivity contribution in [3.8, 4) is 0 Å². The fraction of sp³-hybridized carbons (Fsp3) is 0.462. The Morgan fingerprint density at radius 3 is 2.33 bits per heavy atom. The Kier molecular flexibility index (Phi) is 4.81. The lowest BCUT2D eigenvalue weighted by Crippen LogP contribution is -2.52. The van der Waals surface area contributed by atoms with Gasteiger partial charge in [0.1, 0.15) is 0 Å². The summed E-state index contributed by atoms with van der Waals surface area (Å²) in [6.45, 7) is 1.25. The van der Waals surface area contributed by atoms with Gasteiger partial charge in [0, 0.05) is 38.3 Å². The Balaban J connectivity index is 1.84. The first kappa shape index (κ1) is 15.7. The summed E-state index contributed by atoms with van der Waals surface area (Å²) in [5, 5.41) is 5.06. The van der Waals surface area contributed by atoms with Gasteiger partial charge in [-0.1, -0.05) is 18.2 Å². The monoisotopic (exact) mass is 312 g/mol. The molecule has 21 heavy (non-hydrogen) atoms. The van der Waals surface area contributed by atoms with Crippen LogP contribution in [0.1, 0.15) is 12.0 Å². The van der Waals surface area contributed by atoms with Crippen LogP contribution in [0.4, 0.5) is 5.69 Å². The van der Waals surface area contributed by atoms with E-state index in [9.17, 15) is 13.2 Å². The second kappa shape index (κ2) is 6.42. The smallest absolute Gasteiger partial charge is 0.277 e. The van der Waals surface area contributed by atoms with Crippen LogP contribution in [0.5, 0.6) is 0 Å². The van der Waals surface area contributed by atoms with Crippen molar-refractivity contribution in [1.82, 2.24) is 9.21 Å². The third-order valence-corrected chi connectivity index (χ3v) is 4.70. The molecular weight excluding hydrogens is 292 g/mol. The Morgan fingerprint density at radius 2 is 1.76 bits per heavy atom. The first-order valence-corrected chi connectivity index (χ1v) is 8.27. The van der Waals surface area contributed by atoms with Gasteiger partial charge in [-0.15, -0.1) is 0 Å². The standard InChI is InChI=1S/C13H20N4O3S/c14-12-4-2-1-3-11(12)5-6-13(18)16-7-9-17(10-8-16)21(15,19)20/h1-4H,5-10,14H2,(H2,15,19,20). The van der Waals surface area contributed by atoms with E-state index in [-0.39, 0.29) is 19.0 Å². The normalized spacial score (nSPS) is 16.9. The number of anilines is 1. The highest BCUT2D eigenvalue weighted by Gasteiger charge is 2.26. The Hall–Kier alpha value is -1.64. The molecule has 0 aromatic heterocycles. The molecule has 0 saturated carbocycles. The lowest BCUT2D eigenvalue weighted by Gasteiger charge is -2.33. The molecule has 0 unspecified atom stereocenters. The zero-order valence-corrected chi connectivity index (χ0v) is 12.6. The summed E-state index contributed by atoms with van der Waals surface area (Å²) in [6, 6.07) is 7.46. The first-order valence-electron chi connectivity index (χ1n) is 6.77. The van der Waals surface area contributed by atoms with Crippen molar-refractivity contribution in [2.45, 2.75) is 12.8 Å². The SMILES string of the molecule is Nc1ccccc1CCC(=O)N1CCN(S(N)(=O)=O)CC1. The number of piperazine rings is 1. The number of carbonyl (C=O) groups excluding carboxylic acids is 1. The molecule has 7 nitrogen and oxygen atoms in total. The average molecular weight is 312 g/mol. The molecule has 0 atom stereocenters. The van der Waals surface area contributed by atoms with Crippen molar-refractivity contribution in [2.24, 2.45) is 5.14 Å². The molecule has 1 fully saturated rings. The van der Waals surface area contributed by atoms with Crippen molar-refractivity contribution in [3.05, 3.63) is 29.8 Å². The number of benzene rings is 1. The quantitative estimate of drug-likeness (QED) is 0.734. The molecule has 0 spiro atoms. The van der Waals surface area contributed by atoms with E-state index in [1.165, 1.54) is 4.31 Å². The highest BCUT2D eigenvalue weighted by atomic mass is 32.2. The van der Waals surface area contributed by atoms with Gasteiger partial charge in [0.2, 0.25) is 5.91 Å². The molecule has 1 aliphatic rings. The lowest BCUT2D eigenvalue weighted by molar-refractivity contribution is -0.132. The largest absolute Gasteiger partial charge is 0.399 e. The number of nitrogens with two attached hydrogens (primary N) is 2. The molecule has 116 valence electrons. The van der Waals surface area contributed by atoms with E-state index in [1.54, 1.807) is 4.90 Å². The third kappa shape index (κ3) is 4.16. The molecule has 1 heterocycles. The predicted molar refractivity (Wildman–Crippen MR) is 80.4 cm³/mol. The van der Waals surface area contributed by atoms with E-state index >= 15 is 0 Å². The average Bonchev–Trinajstić information content (AvgIpc) is 2.45. The summed E-state index contributed by atoms with van der Waals surface area (Å²) in [4.78, 5) is 13.8. The lowest BCUT2D eigenvalue weighted by atomic mass is 10.1. The van der Waals surface area contributed by atoms with Crippen molar-refractivity contribution in [2.75, 3.05) is 31.9 Å². The van der Waals surface area contributed by atoms with Crippen LogP contribution in [-0.2, 0) is 21.4 Å². The van der Waals surface area contributed by atoms with Gasteiger partial charge in [-0.3, -0.25) is 4.79 Å². The van der Waals surface area contributed by atoms with Crippen LogP contribution in [0.15, 0.2) is 24.3 Å². The molecule has 1 aromatic carbocycles. The Morgan fingerprint density at radius 1 is 1.14 bits per heavy atom. The number of carbonyl (C=O) groups is 1. The van der Waals surface area contributed by atoms with E-state index in [0.29, 0.717) is 31.6 Å². The summed E-state index contributed by atoms with van der Waals surface area (Å²) < 4.78 is 23.6. The summed E-state index contributed by atoms with van der Waals surface area (Å²) in [5.74, 6) is 0.00678. The van der Waals surface area contributed by atoms with Crippen LogP contribution in [0.25, 0.3) is 0 Å². The van der Waals surface area contributed by atoms with Crippen molar-refractivity contribution < 1.29 is 13.2 Å². The maximum atomic E-state index is 12.1. The number of hydrogen-bond acceptors (Lipinski definition) is 4. The van der Waals surface area contributed by atoms with Gasteiger partial charge in [0.25, 0.3) is 10.2 Å². The Bertz CT molecular complexity index is 610. The zero-order chi connectivity index (χ0) is 15.5.